The third-order valence-corrected chi connectivity index (χ3v) is 1.66. The molecule has 0 bridgehead atoms. The number of rotatable bonds is 4. The van der Waals surface area contributed by atoms with E-state index in [1.54, 1.807) is 0 Å². The Morgan fingerprint density at radius 3 is 3.00 bits per heavy atom. The van der Waals surface area contributed by atoms with E-state index in [0.29, 0.717) is 6.54 Å². The van der Waals surface area contributed by atoms with Crippen LogP contribution in [0.25, 0.3) is 0 Å². The zero-order chi connectivity index (χ0) is 8.10. The van der Waals surface area contributed by atoms with Crippen LogP contribution in [0.4, 0.5) is 0 Å². The van der Waals surface area contributed by atoms with Crippen molar-refractivity contribution in [2.75, 3.05) is 0 Å². The van der Waals surface area contributed by atoms with E-state index in [0.717, 1.165) is 17.9 Å². The van der Waals surface area contributed by atoms with Crippen molar-refractivity contribution < 1.29 is 0 Å². The minimum Gasteiger partial charge on any atom is -0.347 e. The number of aryl methyl sites for hydroxylation is 1. The molecule has 3 nitrogen and oxygen atoms in total. The van der Waals surface area contributed by atoms with Crippen molar-refractivity contribution in [1.29, 1.82) is 0 Å². The zero-order valence-electron chi connectivity index (χ0n) is 6.93. The molecule has 0 aromatic carbocycles. The maximum atomic E-state index is 5.40. The molecule has 0 fully saturated rings. The van der Waals surface area contributed by atoms with Gasteiger partial charge in [0.2, 0.25) is 0 Å². The fraction of sp³-hybridized carbons (Fsp3) is 0.625. The maximum Gasteiger partial charge on any atom is 0.120 e. The Morgan fingerprint density at radius 2 is 2.45 bits per heavy atom. The van der Waals surface area contributed by atoms with Gasteiger partial charge in [-0.05, 0) is 12.8 Å². The summed E-state index contributed by atoms with van der Waals surface area (Å²) in [7, 11) is 0. The molecule has 1 aromatic heterocycles. The molecule has 0 saturated carbocycles. The number of imidazole rings is 1. The summed E-state index contributed by atoms with van der Waals surface area (Å²) in [6.07, 6.45) is 5.42. The lowest BCUT2D eigenvalue weighted by atomic mass is 10.2. The minimum atomic E-state index is 0.506. The van der Waals surface area contributed by atoms with E-state index in [-0.39, 0.29) is 0 Å². The molecular weight excluding hydrogens is 138 g/mol. The van der Waals surface area contributed by atoms with Crippen LogP contribution in [0.2, 0.25) is 0 Å². The van der Waals surface area contributed by atoms with E-state index >= 15 is 0 Å². The lowest BCUT2D eigenvalue weighted by molar-refractivity contribution is 0.777. The van der Waals surface area contributed by atoms with Crippen LogP contribution in [0.5, 0.6) is 0 Å². The first kappa shape index (κ1) is 8.27. The van der Waals surface area contributed by atoms with E-state index < -0.39 is 0 Å². The molecular formula is C8H15N3. The maximum absolute atomic E-state index is 5.40. The first-order chi connectivity index (χ1) is 5.36. The SMILES string of the molecule is CCCCc1c[nH]c(CN)n1. The van der Waals surface area contributed by atoms with Crippen LogP contribution >= 0.6 is 0 Å². The van der Waals surface area contributed by atoms with Crippen LogP contribution in [-0.4, -0.2) is 9.97 Å². The van der Waals surface area contributed by atoms with Crippen LogP contribution in [0.3, 0.4) is 0 Å². The zero-order valence-corrected chi connectivity index (χ0v) is 6.93. The monoisotopic (exact) mass is 153 g/mol. The number of nitrogens with two attached hydrogens (primary N) is 1. The summed E-state index contributed by atoms with van der Waals surface area (Å²) in [5.41, 5.74) is 6.53. The second-order valence-corrected chi connectivity index (χ2v) is 2.65. The Balaban J connectivity index is 2.44. The van der Waals surface area contributed by atoms with Gasteiger partial charge in [0.1, 0.15) is 5.82 Å². The average Bonchev–Trinajstić information content (AvgIpc) is 2.48. The minimum absolute atomic E-state index is 0.506. The molecule has 62 valence electrons. The molecule has 0 aliphatic heterocycles. The predicted octanol–water partition coefficient (Wildman–Crippen LogP) is 1.21. The molecule has 11 heavy (non-hydrogen) atoms. The third kappa shape index (κ3) is 2.35. The molecule has 0 atom stereocenters. The molecule has 0 aliphatic rings. The number of hydrogen-bond acceptors (Lipinski definition) is 2. The Labute approximate surface area is 67.0 Å². The van der Waals surface area contributed by atoms with Crippen LogP contribution in [0, 0.1) is 0 Å². The molecule has 0 amide bonds. The molecule has 0 radical (unpaired) electrons. The van der Waals surface area contributed by atoms with Gasteiger partial charge in [0.05, 0.1) is 12.2 Å². The fourth-order valence-electron chi connectivity index (χ4n) is 0.995. The Morgan fingerprint density at radius 1 is 1.64 bits per heavy atom. The molecule has 1 heterocycles. The first-order valence-electron chi connectivity index (χ1n) is 4.10. The molecule has 3 N–H and O–H groups in total. The number of nitrogens with one attached hydrogen (secondary N) is 1. The van der Waals surface area contributed by atoms with Gasteiger partial charge in [0.15, 0.2) is 0 Å². The van der Waals surface area contributed by atoms with Crippen molar-refractivity contribution in [3.63, 3.8) is 0 Å². The van der Waals surface area contributed by atoms with Gasteiger partial charge in [-0.15, -0.1) is 0 Å². The number of aromatic nitrogens is 2. The van der Waals surface area contributed by atoms with E-state index in [9.17, 15) is 0 Å². The summed E-state index contributed by atoms with van der Waals surface area (Å²) in [5, 5.41) is 0. The number of unbranched alkanes of at least 4 members (excludes halogenated alkanes) is 1. The van der Waals surface area contributed by atoms with Crippen molar-refractivity contribution in [2.24, 2.45) is 5.73 Å². The highest BCUT2D eigenvalue weighted by molar-refractivity contribution is 5.00. The Bertz CT molecular complexity index is 205. The summed E-state index contributed by atoms with van der Waals surface area (Å²) >= 11 is 0. The molecule has 1 rings (SSSR count). The lowest BCUT2D eigenvalue weighted by Crippen LogP contribution is -1.98. The summed E-state index contributed by atoms with van der Waals surface area (Å²) in [4.78, 5) is 7.31. The van der Waals surface area contributed by atoms with Crippen molar-refractivity contribution in [1.82, 2.24) is 9.97 Å². The van der Waals surface area contributed by atoms with Gasteiger partial charge in [0, 0.05) is 6.20 Å². The first-order valence-corrected chi connectivity index (χ1v) is 4.10. The van der Waals surface area contributed by atoms with Gasteiger partial charge in [0.25, 0.3) is 0 Å². The smallest absolute Gasteiger partial charge is 0.120 e. The van der Waals surface area contributed by atoms with Gasteiger partial charge in [-0.2, -0.15) is 0 Å². The van der Waals surface area contributed by atoms with E-state index in [1.807, 2.05) is 6.20 Å². The van der Waals surface area contributed by atoms with Crippen LogP contribution in [0.15, 0.2) is 6.20 Å². The van der Waals surface area contributed by atoms with Crippen molar-refractivity contribution >= 4 is 0 Å². The number of hydrogen-bond donors (Lipinski definition) is 2. The summed E-state index contributed by atoms with van der Waals surface area (Å²) in [5.74, 6) is 0.885. The van der Waals surface area contributed by atoms with Gasteiger partial charge in [-0.25, -0.2) is 4.98 Å². The van der Waals surface area contributed by atoms with E-state index in [4.69, 9.17) is 5.73 Å². The van der Waals surface area contributed by atoms with Gasteiger partial charge >= 0.3 is 0 Å². The van der Waals surface area contributed by atoms with E-state index in [2.05, 4.69) is 16.9 Å². The van der Waals surface area contributed by atoms with E-state index in [1.165, 1.54) is 12.8 Å². The highest BCUT2D eigenvalue weighted by Gasteiger charge is 1.97. The number of H-pyrrole nitrogens is 1. The number of aromatic amines is 1. The summed E-state index contributed by atoms with van der Waals surface area (Å²) in [6.45, 7) is 2.68. The largest absolute Gasteiger partial charge is 0.347 e. The third-order valence-electron chi connectivity index (χ3n) is 1.66. The Kier molecular flexibility index (Phi) is 3.11. The predicted molar refractivity (Wildman–Crippen MR) is 45.1 cm³/mol. The second-order valence-electron chi connectivity index (χ2n) is 2.65. The average molecular weight is 153 g/mol. The second kappa shape index (κ2) is 4.13. The van der Waals surface area contributed by atoms with Crippen LogP contribution in [-0.2, 0) is 13.0 Å². The van der Waals surface area contributed by atoms with Crippen molar-refractivity contribution in [2.45, 2.75) is 32.7 Å². The molecule has 0 saturated heterocycles. The molecule has 0 spiro atoms. The Hall–Kier alpha value is -0.830. The number of nitrogens with zero attached hydrogens (tertiary/aromatic N) is 1. The highest BCUT2D eigenvalue weighted by Crippen LogP contribution is 2.01. The molecule has 1 aromatic rings. The summed E-state index contributed by atoms with van der Waals surface area (Å²) in [6, 6.07) is 0. The van der Waals surface area contributed by atoms with Crippen molar-refractivity contribution in [3.8, 4) is 0 Å². The van der Waals surface area contributed by atoms with Crippen LogP contribution < -0.4 is 5.73 Å². The topological polar surface area (TPSA) is 54.7 Å². The van der Waals surface area contributed by atoms with Crippen molar-refractivity contribution in [3.05, 3.63) is 17.7 Å². The fourth-order valence-corrected chi connectivity index (χ4v) is 0.995. The lowest BCUT2D eigenvalue weighted by Gasteiger charge is -1.90. The normalized spacial score (nSPS) is 10.4. The van der Waals surface area contributed by atoms with Gasteiger partial charge < -0.3 is 10.7 Å². The highest BCUT2D eigenvalue weighted by atomic mass is 14.9. The standard InChI is InChI=1S/C8H15N3/c1-2-3-4-7-6-10-8(5-9)11-7/h6H,2-5,9H2,1H3,(H,10,11). The van der Waals surface area contributed by atoms with Gasteiger partial charge in [-0.1, -0.05) is 13.3 Å². The molecule has 3 heteroatoms. The quantitative estimate of drug-likeness (QED) is 0.683. The van der Waals surface area contributed by atoms with Crippen LogP contribution in [0.1, 0.15) is 31.3 Å². The molecule has 0 unspecified atom stereocenters. The van der Waals surface area contributed by atoms with Gasteiger partial charge in [-0.3, -0.25) is 0 Å². The summed E-state index contributed by atoms with van der Waals surface area (Å²) < 4.78 is 0. The molecule has 0 aliphatic carbocycles.